The number of nitrogens with zero attached hydrogens (tertiary/aromatic N) is 7. The second-order valence-electron chi connectivity index (χ2n) is 8.36. The van der Waals surface area contributed by atoms with Crippen LogP contribution in [-0.4, -0.2) is 58.3 Å². The van der Waals surface area contributed by atoms with Crippen molar-refractivity contribution >= 4 is 22.6 Å². The van der Waals surface area contributed by atoms with Crippen LogP contribution < -0.4 is 10.5 Å². The van der Waals surface area contributed by atoms with Crippen molar-refractivity contribution < 1.29 is 14.6 Å². The van der Waals surface area contributed by atoms with Gasteiger partial charge in [0.2, 0.25) is 5.95 Å². The van der Waals surface area contributed by atoms with Gasteiger partial charge in [-0.25, -0.2) is 14.6 Å². The second kappa shape index (κ2) is 8.24. The van der Waals surface area contributed by atoms with Gasteiger partial charge in [0.05, 0.1) is 37.7 Å². The molecule has 1 aromatic carbocycles. The van der Waals surface area contributed by atoms with Crippen molar-refractivity contribution in [3.63, 3.8) is 0 Å². The van der Waals surface area contributed by atoms with Gasteiger partial charge in [0.15, 0.2) is 5.78 Å². The van der Waals surface area contributed by atoms with Crippen molar-refractivity contribution in [2.45, 2.75) is 44.4 Å². The first-order valence-electron chi connectivity index (χ1n) is 10.7. The molecule has 0 aliphatic heterocycles. The Morgan fingerprint density at radius 1 is 1.24 bits per heavy atom. The minimum Gasteiger partial charge on any atom is -0.494 e. The van der Waals surface area contributed by atoms with E-state index in [1.54, 1.807) is 28.9 Å². The Morgan fingerprint density at radius 2 is 2.09 bits per heavy atom. The van der Waals surface area contributed by atoms with Crippen LogP contribution in [0.1, 0.15) is 31.4 Å². The summed E-state index contributed by atoms with van der Waals surface area (Å²) in [4.78, 5) is 20.8. The molecule has 0 bridgehead atoms. The Bertz CT molecular complexity index is 1320. The van der Waals surface area contributed by atoms with Gasteiger partial charge in [-0.1, -0.05) is 17.3 Å². The Kier molecular flexibility index (Phi) is 5.25. The van der Waals surface area contributed by atoms with Crippen LogP contribution in [0.5, 0.6) is 5.75 Å². The lowest BCUT2D eigenvalue weighted by Crippen LogP contribution is -2.15. The molecule has 3 N–H and O–H groups in total. The third-order valence-electron chi connectivity index (χ3n) is 5.76. The number of rotatable bonds is 9. The molecule has 0 radical (unpaired) electrons. The van der Waals surface area contributed by atoms with Crippen LogP contribution in [0.25, 0.3) is 22.3 Å². The number of nitrogen functional groups attached to an aromatic ring is 1. The fraction of sp³-hybridized carbons (Fsp3) is 0.364. The van der Waals surface area contributed by atoms with Crippen LogP contribution in [0.15, 0.2) is 36.7 Å². The van der Waals surface area contributed by atoms with Gasteiger partial charge in [-0.2, -0.15) is 5.10 Å². The summed E-state index contributed by atoms with van der Waals surface area (Å²) in [5.41, 5.74) is 7.78. The van der Waals surface area contributed by atoms with E-state index < -0.39 is 5.60 Å². The van der Waals surface area contributed by atoms with Crippen LogP contribution in [0.2, 0.25) is 0 Å². The monoisotopic (exact) mass is 448 g/mol. The molecule has 1 saturated carbocycles. The largest absolute Gasteiger partial charge is 0.494 e. The molecule has 1 aliphatic rings. The fourth-order valence-electron chi connectivity index (χ4n) is 3.76. The molecule has 11 heteroatoms. The van der Waals surface area contributed by atoms with Gasteiger partial charge in [-0.15, -0.1) is 5.10 Å². The molecule has 1 aliphatic carbocycles. The summed E-state index contributed by atoms with van der Waals surface area (Å²) in [6, 6.07) is 7.38. The van der Waals surface area contributed by atoms with Crippen LogP contribution in [0.3, 0.4) is 0 Å². The lowest BCUT2D eigenvalue weighted by atomic mass is 10.1. The molecule has 0 unspecified atom stereocenters. The Balaban J connectivity index is 1.30. The van der Waals surface area contributed by atoms with Crippen molar-refractivity contribution in [2.24, 2.45) is 0 Å². The molecule has 5 rings (SSSR count). The average molecular weight is 448 g/mol. The molecule has 1 fully saturated rings. The summed E-state index contributed by atoms with van der Waals surface area (Å²) in [6.45, 7) is 0.572. The number of para-hydroxylation sites is 1. The van der Waals surface area contributed by atoms with Crippen molar-refractivity contribution in [3.05, 3.63) is 42.4 Å². The Morgan fingerprint density at radius 3 is 2.88 bits per heavy atom. The number of fused-ring (bicyclic) bond motifs is 1. The summed E-state index contributed by atoms with van der Waals surface area (Å²) < 4.78 is 8.65. The zero-order chi connectivity index (χ0) is 23.0. The van der Waals surface area contributed by atoms with Crippen LogP contribution >= 0.6 is 0 Å². The highest BCUT2D eigenvalue weighted by Gasteiger charge is 2.39. The van der Waals surface area contributed by atoms with Gasteiger partial charge in [-0.05, 0) is 31.4 Å². The number of carbonyl (C=O) groups is 1. The number of aromatic nitrogens is 7. The molecule has 33 heavy (non-hydrogen) atoms. The van der Waals surface area contributed by atoms with Gasteiger partial charge in [0, 0.05) is 18.0 Å². The SMILES string of the molecule is COc1cccc2c(-c3cn(Cc4ccn(CC(=O)CCC5(O)CC5)n4)nn3)nc(N)nc12. The van der Waals surface area contributed by atoms with Gasteiger partial charge in [0.25, 0.3) is 0 Å². The highest BCUT2D eigenvalue weighted by atomic mass is 16.5. The van der Waals surface area contributed by atoms with Crippen LogP contribution in [0, 0.1) is 0 Å². The van der Waals surface area contributed by atoms with E-state index in [0.29, 0.717) is 42.0 Å². The molecular formula is C22H24N8O3. The zero-order valence-electron chi connectivity index (χ0n) is 18.2. The average Bonchev–Trinajstić information content (AvgIpc) is 3.16. The quantitative estimate of drug-likeness (QED) is 0.389. The summed E-state index contributed by atoms with van der Waals surface area (Å²) >= 11 is 0. The third-order valence-corrected chi connectivity index (χ3v) is 5.76. The number of carbonyl (C=O) groups excluding carboxylic acids is 1. The molecule has 0 atom stereocenters. The van der Waals surface area contributed by atoms with E-state index in [4.69, 9.17) is 10.5 Å². The number of benzene rings is 1. The number of ketones is 1. The van der Waals surface area contributed by atoms with Crippen molar-refractivity contribution in [3.8, 4) is 17.1 Å². The van der Waals surface area contributed by atoms with Crippen molar-refractivity contribution in [2.75, 3.05) is 12.8 Å². The van der Waals surface area contributed by atoms with E-state index in [-0.39, 0.29) is 18.3 Å². The topological polar surface area (TPSA) is 147 Å². The van der Waals surface area contributed by atoms with Crippen LogP contribution in [0.4, 0.5) is 5.95 Å². The third kappa shape index (κ3) is 4.53. The molecule has 170 valence electrons. The first-order chi connectivity index (χ1) is 15.9. The second-order valence-corrected chi connectivity index (χ2v) is 8.36. The number of Topliss-reactive ketones (excluding diaryl/α,β-unsaturated/α-hetero) is 1. The molecule has 0 saturated heterocycles. The molecule has 3 heterocycles. The number of aliphatic hydroxyl groups is 1. The molecular weight excluding hydrogens is 424 g/mol. The summed E-state index contributed by atoms with van der Waals surface area (Å²) in [5.74, 6) is 0.770. The number of ether oxygens (including phenoxy) is 1. The Labute approximate surface area is 189 Å². The van der Waals surface area contributed by atoms with Gasteiger partial charge in [0.1, 0.15) is 22.7 Å². The number of hydrogen-bond donors (Lipinski definition) is 2. The van der Waals surface area contributed by atoms with Gasteiger partial charge >= 0.3 is 0 Å². The number of methoxy groups -OCH3 is 1. The predicted octanol–water partition coefficient (Wildman–Crippen LogP) is 1.60. The maximum absolute atomic E-state index is 12.2. The summed E-state index contributed by atoms with van der Waals surface area (Å²) in [5, 5.41) is 23.5. The van der Waals surface area contributed by atoms with Crippen molar-refractivity contribution in [1.82, 2.24) is 34.7 Å². The number of nitrogens with two attached hydrogens (primary N) is 1. The van der Waals surface area contributed by atoms with Gasteiger partial charge < -0.3 is 15.6 Å². The minimum absolute atomic E-state index is 0.0525. The minimum atomic E-state index is -0.611. The van der Waals surface area contributed by atoms with E-state index >= 15 is 0 Å². The smallest absolute Gasteiger partial charge is 0.221 e. The number of hydrogen-bond acceptors (Lipinski definition) is 9. The maximum atomic E-state index is 12.2. The van der Waals surface area contributed by atoms with E-state index in [9.17, 15) is 9.90 Å². The fourth-order valence-corrected chi connectivity index (χ4v) is 3.76. The first-order valence-corrected chi connectivity index (χ1v) is 10.7. The summed E-state index contributed by atoms with van der Waals surface area (Å²) in [6.07, 6.45) is 5.99. The lowest BCUT2D eigenvalue weighted by molar-refractivity contribution is -0.120. The van der Waals surface area contributed by atoms with Gasteiger partial charge in [-0.3, -0.25) is 9.48 Å². The van der Waals surface area contributed by atoms with Crippen molar-refractivity contribution in [1.29, 1.82) is 0 Å². The Hall–Kier alpha value is -3.86. The van der Waals surface area contributed by atoms with E-state index in [1.165, 1.54) is 0 Å². The van der Waals surface area contributed by atoms with Crippen LogP contribution in [-0.2, 0) is 17.9 Å². The first kappa shape index (κ1) is 21.0. The lowest BCUT2D eigenvalue weighted by Gasteiger charge is -2.07. The molecule has 11 nitrogen and oxygen atoms in total. The molecule has 3 aromatic heterocycles. The molecule has 0 spiro atoms. The van der Waals surface area contributed by atoms with E-state index in [1.807, 2.05) is 24.3 Å². The predicted molar refractivity (Wildman–Crippen MR) is 119 cm³/mol. The number of anilines is 1. The zero-order valence-corrected chi connectivity index (χ0v) is 18.2. The standard InChI is InChI=1S/C22H24N8O3/c1-33-18-4-2-3-16-19(24-21(23)25-20(16)18)17-13-30(28-26-17)11-14-6-10-29(27-14)12-15(31)5-7-22(32)8-9-22/h2-4,6,10,13,32H,5,7-9,11-12H2,1H3,(H2,23,24,25). The van der Waals surface area contributed by atoms with E-state index in [2.05, 4.69) is 25.4 Å². The molecule has 0 amide bonds. The highest BCUT2D eigenvalue weighted by Crippen LogP contribution is 2.39. The summed E-state index contributed by atoms with van der Waals surface area (Å²) in [7, 11) is 1.58. The van der Waals surface area contributed by atoms with E-state index in [0.717, 1.165) is 23.9 Å². The maximum Gasteiger partial charge on any atom is 0.221 e. The highest BCUT2D eigenvalue weighted by molar-refractivity contribution is 5.95. The molecule has 4 aromatic rings. The normalized spacial score (nSPS) is 14.5.